The first-order valence-electron chi connectivity index (χ1n) is 5.42. The molecule has 0 atom stereocenters. The highest BCUT2D eigenvalue weighted by atomic mass is 35.5. The van der Waals surface area contributed by atoms with Gasteiger partial charge in [0, 0.05) is 11.2 Å². The molecule has 92 valence electrons. The molecule has 0 saturated heterocycles. The zero-order valence-corrected chi connectivity index (χ0v) is 10.5. The van der Waals surface area contributed by atoms with E-state index in [4.69, 9.17) is 11.6 Å². The first-order chi connectivity index (χ1) is 8.56. The van der Waals surface area contributed by atoms with Crippen LogP contribution in [0.3, 0.4) is 0 Å². The van der Waals surface area contributed by atoms with Crippen molar-refractivity contribution in [2.24, 2.45) is 0 Å². The van der Waals surface area contributed by atoms with E-state index >= 15 is 0 Å². The molecule has 0 saturated carbocycles. The summed E-state index contributed by atoms with van der Waals surface area (Å²) < 4.78 is 0. The molecule has 1 aromatic heterocycles. The number of benzene rings is 1. The van der Waals surface area contributed by atoms with E-state index in [0.29, 0.717) is 5.02 Å². The zero-order chi connectivity index (χ0) is 13.1. The minimum absolute atomic E-state index is 0.285. The Morgan fingerprint density at radius 1 is 1.33 bits per heavy atom. The maximum Gasteiger partial charge on any atom is 0.290 e. The van der Waals surface area contributed by atoms with Gasteiger partial charge in [-0.1, -0.05) is 23.7 Å². The molecular formula is C14H12ClNO2. The highest BCUT2D eigenvalue weighted by Gasteiger charge is 1.99. The van der Waals surface area contributed by atoms with E-state index in [0.717, 1.165) is 16.7 Å². The molecular weight excluding hydrogens is 250 g/mol. The smallest absolute Gasteiger partial charge is 0.290 e. The van der Waals surface area contributed by atoms with E-state index < -0.39 is 5.56 Å². The molecule has 2 N–H and O–H groups in total. The van der Waals surface area contributed by atoms with E-state index in [1.807, 2.05) is 37.3 Å². The fraction of sp³-hybridized carbons (Fsp3) is 0.0714. The summed E-state index contributed by atoms with van der Waals surface area (Å²) in [5.41, 5.74) is 2.29. The van der Waals surface area contributed by atoms with Gasteiger partial charge in [-0.15, -0.1) is 0 Å². The Labute approximate surface area is 109 Å². The third-order valence-corrected chi connectivity index (χ3v) is 2.84. The predicted octanol–water partition coefficient (Wildman–Crippen LogP) is 3.29. The van der Waals surface area contributed by atoms with Gasteiger partial charge in [-0.25, -0.2) is 0 Å². The number of aromatic nitrogens is 1. The third-order valence-electron chi connectivity index (χ3n) is 2.59. The highest BCUT2D eigenvalue weighted by Crippen LogP contribution is 2.20. The molecule has 2 aromatic rings. The molecule has 4 heteroatoms. The lowest BCUT2D eigenvalue weighted by atomic mass is 10.1. The van der Waals surface area contributed by atoms with Crippen LogP contribution in [0, 0.1) is 0 Å². The van der Waals surface area contributed by atoms with Gasteiger partial charge in [-0.05, 0) is 47.9 Å². The second-order valence-corrected chi connectivity index (χ2v) is 4.42. The number of nitrogens with one attached hydrogen (secondary N) is 1. The maximum absolute atomic E-state index is 11.0. The lowest BCUT2D eigenvalue weighted by molar-refractivity contribution is 0.466. The Bertz CT molecular complexity index is 642. The zero-order valence-electron chi connectivity index (χ0n) is 9.77. The lowest BCUT2D eigenvalue weighted by Crippen LogP contribution is -2.03. The van der Waals surface area contributed by atoms with Gasteiger partial charge in [-0.2, -0.15) is 0 Å². The van der Waals surface area contributed by atoms with Crippen molar-refractivity contribution in [3.63, 3.8) is 0 Å². The lowest BCUT2D eigenvalue weighted by Gasteiger charge is -2.02. The molecule has 0 spiro atoms. The average molecular weight is 262 g/mol. The van der Waals surface area contributed by atoms with Crippen molar-refractivity contribution in [1.29, 1.82) is 0 Å². The van der Waals surface area contributed by atoms with Crippen molar-refractivity contribution in [3.05, 3.63) is 63.0 Å². The van der Waals surface area contributed by atoms with Crippen LogP contribution >= 0.6 is 11.6 Å². The van der Waals surface area contributed by atoms with Crippen LogP contribution in [0.4, 0.5) is 0 Å². The summed E-state index contributed by atoms with van der Waals surface area (Å²) in [5, 5.41) is 10.0. The summed E-state index contributed by atoms with van der Waals surface area (Å²) in [7, 11) is 0. The first kappa shape index (κ1) is 12.5. The van der Waals surface area contributed by atoms with E-state index in [-0.39, 0.29) is 5.75 Å². The number of aromatic amines is 1. The van der Waals surface area contributed by atoms with E-state index in [1.165, 1.54) is 6.07 Å². The summed E-state index contributed by atoms with van der Waals surface area (Å²) in [6.45, 7) is 1.95. The summed E-state index contributed by atoms with van der Waals surface area (Å²) in [4.78, 5) is 13.5. The molecule has 18 heavy (non-hydrogen) atoms. The molecule has 0 bridgehead atoms. The number of pyridine rings is 1. The number of allylic oxidation sites excluding steroid dienone is 1. The average Bonchev–Trinajstić information content (AvgIpc) is 2.34. The highest BCUT2D eigenvalue weighted by molar-refractivity contribution is 6.30. The number of hydrogen-bond donors (Lipinski definition) is 2. The van der Waals surface area contributed by atoms with E-state index in [9.17, 15) is 9.90 Å². The van der Waals surface area contributed by atoms with Crippen LogP contribution < -0.4 is 5.56 Å². The summed E-state index contributed by atoms with van der Waals surface area (Å²) in [6, 6.07) is 8.90. The molecule has 0 aliphatic rings. The quantitative estimate of drug-likeness (QED) is 0.872. The SMILES string of the molecule is C/C(=C\c1c[nH]c(=O)c(O)c1)c1ccc(Cl)cc1. The Morgan fingerprint density at radius 3 is 2.61 bits per heavy atom. The Morgan fingerprint density at radius 2 is 2.00 bits per heavy atom. The van der Waals surface area contributed by atoms with Crippen LogP contribution in [0.1, 0.15) is 18.1 Å². The van der Waals surface area contributed by atoms with Gasteiger partial charge in [0.05, 0.1) is 0 Å². The standard InChI is InChI=1S/C14H12ClNO2/c1-9(11-2-4-12(15)5-3-11)6-10-7-13(17)14(18)16-8-10/h2-8,17H,1H3,(H,16,18)/b9-6+. The third kappa shape index (κ3) is 2.81. The molecule has 0 unspecified atom stereocenters. The number of aromatic hydroxyl groups is 1. The number of hydrogen-bond acceptors (Lipinski definition) is 2. The second-order valence-electron chi connectivity index (χ2n) is 3.98. The molecule has 0 amide bonds. The molecule has 0 fully saturated rings. The van der Waals surface area contributed by atoms with Crippen molar-refractivity contribution in [1.82, 2.24) is 4.98 Å². The number of halogens is 1. The molecule has 1 aromatic carbocycles. The van der Waals surface area contributed by atoms with Crippen LogP contribution in [0.15, 0.2) is 41.3 Å². The van der Waals surface area contributed by atoms with Crippen LogP contribution in [0.2, 0.25) is 5.02 Å². The summed E-state index contributed by atoms with van der Waals surface area (Å²) in [6.07, 6.45) is 3.43. The molecule has 1 heterocycles. The van der Waals surface area contributed by atoms with Gasteiger partial charge in [0.2, 0.25) is 0 Å². The minimum atomic E-state index is -0.490. The van der Waals surface area contributed by atoms with Crippen molar-refractivity contribution in [2.75, 3.05) is 0 Å². The van der Waals surface area contributed by atoms with Gasteiger partial charge in [-0.3, -0.25) is 4.79 Å². The predicted molar refractivity (Wildman–Crippen MR) is 73.7 cm³/mol. The van der Waals surface area contributed by atoms with Crippen molar-refractivity contribution in [3.8, 4) is 5.75 Å². The van der Waals surface area contributed by atoms with Gasteiger partial charge in [0.15, 0.2) is 5.75 Å². The molecule has 0 radical (unpaired) electrons. The topological polar surface area (TPSA) is 53.1 Å². The molecule has 0 aliphatic heterocycles. The fourth-order valence-electron chi connectivity index (χ4n) is 1.62. The Hall–Kier alpha value is -2.00. The van der Waals surface area contributed by atoms with Gasteiger partial charge in [0.1, 0.15) is 0 Å². The second kappa shape index (κ2) is 5.10. The molecule has 3 nitrogen and oxygen atoms in total. The molecule has 2 rings (SSSR count). The number of rotatable bonds is 2. The molecule has 0 aliphatic carbocycles. The van der Waals surface area contributed by atoms with Crippen LogP contribution in [0.25, 0.3) is 11.6 Å². The van der Waals surface area contributed by atoms with Crippen LogP contribution in [-0.2, 0) is 0 Å². The van der Waals surface area contributed by atoms with E-state index in [1.54, 1.807) is 6.20 Å². The van der Waals surface area contributed by atoms with Crippen molar-refractivity contribution in [2.45, 2.75) is 6.92 Å². The van der Waals surface area contributed by atoms with Gasteiger partial charge < -0.3 is 10.1 Å². The van der Waals surface area contributed by atoms with Crippen LogP contribution in [0.5, 0.6) is 5.75 Å². The monoisotopic (exact) mass is 261 g/mol. The Kier molecular flexibility index (Phi) is 3.53. The van der Waals surface area contributed by atoms with Gasteiger partial charge >= 0.3 is 0 Å². The minimum Gasteiger partial charge on any atom is -0.503 e. The van der Waals surface area contributed by atoms with Gasteiger partial charge in [0.25, 0.3) is 5.56 Å². The number of H-pyrrole nitrogens is 1. The Balaban J connectivity index is 2.35. The van der Waals surface area contributed by atoms with Crippen LogP contribution in [-0.4, -0.2) is 10.1 Å². The normalized spacial score (nSPS) is 11.6. The van der Waals surface area contributed by atoms with Crippen molar-refractivity contribution < 1.29 is 5.11 Å². The summed E-state index contributed by atoms with van der Waals surface area (Å²) in [5.74, 6) is -0.285. The first-order valence-corrected chi connectivity index (χ1v) is 5.80. The fourth-order valence-corrected chi connectivity index (χ4v) is 1.74. The summed E-state index contributed by atoms with van der Waals surface area (Å²) >= 11 is 5.82. The van der Waals surface area contributed by atoms with Crippen molar-refractivity contribution >= 4 is 23.3 Å². The van der Waals surface area contributed by atoms with E-state index in [2.05, 4.69) is 4.98 Å². The largest absolute Gasteiger partial charge is 0.503 e. The maximum atomic E-state index is 11.0.